The number of nitrogens with zero attached hydrogens (tertiary/aromatic N) is 1. The number of nitrogens with one attached hydrogen (secondary N) is 1. The Morgan fingerprint density at radius 2 is 2.08 bits per heavy atom. The minimum Gasteiger partial charge on any atom is -0.493 e. The normalized spacial score (nSPS) is 16.0. The quantitative estimate of drug-likeness (QED) is 0.662. The number of methoxy groups -OCH3 is 1. The van der Waals surface area contributed by atoms with Crippen LogP contribution < -0.4 is 14.8 Å². The van der Waals surface area contributed by atoms with E-state index in [-0.39, 0.29) is 0 Å². The molecule has 1 aromatic carbocycles. The highest BCUT2D eigenvalue weighted by molar-refractivity contribution is 6.32. The smallest absolute Gasteiger partial charge is 0.179 e. The van der Waals surface area contributed by atoms with E-state index in [9.17, 15) is 0 Å². The summed E-state index contributed by atoms with van der Waals surface area (Å²) in [6.45, 7) is 12.8. The molecule has 140 valence electrons. The van der Waals surface area contributed by atoms with Gasteiger partial charge in [0.2, 0.25) is 0 Å². The summed E-state index contributed by atoms with van der Waals surface area (Å²) in [6.07, 6.45) is 3.26. The first-order valence-corrected chi connectivity index (χ1v) is 9.50. The summed E-state index contributed by atoms with van der Waals surface area (Å²) in [5.41, 5.74) is 2.36. The van der Waals surface area contributed by atoms with Gasteiger partial charge in [-0.05, 0) is 57.0 Å². The molecule has 1 N–H and O–H groups in total. The molecular formula is C20H31ClN2O2. The molecule has 1 aliphatic heterocycles. The summed E-state index contributed by atoms with van der Waals surface area (Å²) in [6, 6.07) is 4.53. The van der Waals surface area contributed by atoms with Crippen molar-refractivity contribution in [3.05, 3.63) is 34.9 Å². The van der Waals surface area contributed by atoms with Gasteiger partial charge in [0.15, 0.2) is 11.5 Å². The van der Waals surface area contributed by atoms with Gasteiger partial charge in [-0.25, -0.2) is 0 Å². The lowest BCUT2D eigenvalue weighted by Gasteiger charge is -2.32. The highest BCUT2D eigenvalue weighted by Gasteiger charge is 2.19. The van der Waals surface area contributed by atoms with Crippen LogP contribution in [0.5, 0.6) is 11.5 Å². The maximum atomic E-state index is 6.39. The lowest BCUT2D eigenvalue weighted by atomic mass is 10.0. The maximum Gasteiger partial charge on any atom is 0.179 e. The van der Waals surface area contributed by atoms with Gasteiger partial charge in [0, 0.05) is 19.1 Å². The zero-order valence-electron chi connectivity index (χ0n) is 15.7. The van der Waals surface area contributed by atoms with Crippen molar-refractivity contribution < 1.29 is 9.47 Å². The van der Waals surface area contributed by atoms with Crippen LogP contribution in [-0.4, -0.2) is 44.3 Å². The Kier molecular flexibility index (Phi) is 8.07. The van der Waals surface area contributed by atoms with E-state index in [0.717, 1.165) is 51.0 Å². The van der Waals surface area contributed by atoms with E-state index in [2.05, 4.69) is 30.6 Å². The number of hydrogen-bond acceptors (Lipinski definition) is 4. The van der Waals surface area contributed by atoms with Gasteiger partial charge in [-0.2, -0.15) is 0 Å². The molecule has 1 aromatic rings. The molecule has 1 fully saturated rings. The number of benzene rings is 1. The van der Waals surface area contributed by atoms with Crippen LogP contribution in [0.1, 0.15) is 38.7 Å². The first-order chi connectivity index (χ1) is 12.0. The third kappa shape index (κ3) is 6.21. The zero-order chi connectivity index (χ0) is 18.2. The number of likely N-dealkylation sites (tertiary alicyclic amines) is 1. The van der Waals surface area contributed by atoms with Gasteiger partial charge in [0.25, 0.3) is 0 Å². The Bertz CT molecular complexity index is 569. The summed E-state index contributed by atoms with van der Waals surface area (Å²) < 4.78 is 11.2. The zero-order valence-corrected chi connectivity index (χ0v) is 16.5. The van der Waals surface area contributed by atoms with E-state index in [1.54, 1.807) is 7.11 Å². The first kappa shape index (κ1) is 20.1. The van der Waals surface area contributed by atoms with E-state index >= 15 is 0 Å². The van der Waals surface area contributed by atoms with E-state index in [1.165, 1.54) is 5.57 Å². The molecule has 0 spiro atoms. The molecule has 0 saturated carbocycles. The van der Waals surface area contributed by atoms with Gasteiger partial charge in [-0.15, -0.1) is 0 Å². The summed E-state index contributed by atoms with van der Waals surface area (Å²) in [5.74, 6) is 1.34. The SMILES string of the molecule is C=C(C)CN1CCC(NCc2cc(Cl)c(OCCC)c(OC)c2)CC1. The highest BCUT2D eigenvalue weighted by Crippen LogP contribution is 2.36. The van der Waals surface area contributed by atoms with Gasteiger partial charge < -0.3 is 14.8 Å². The van der Waals surface area contributed by atoms with E-state index in [1.807, 2.05) is 12.1 Å². The molecule has 0 unspecified atom stereocenters. The Balaban J connectivity index is 1.89. The van der Waals surface area contributed by atoms with Crippen LogP contribution in [0.3, 0.4) is 0 Å². The minimum atomic E-state index is 0.544. The molecule has 0 aliphatic carbocycles. The molecule has 1 heterocycles. The molecule has 0 radical (unpaired) electrons. The van der Waals surface area contributed by atoms with Crippen LogP contribution in [0.15, 0.2) is 24.3 Å². The fraction of sp³-hybridized carbons (Fsp3) is 0.600. The molecule has 0 bridgehead atoms. The highest BCUT2D eigenvalue weighted by atomic mass is 35.5. The van der Waals surface area contributed by atoms with Crippen LogP contribution in [0.2, 0.25) is 5.02 Å². The van der Waals surface area contributed by atoms with Crippen molar-refractivity contribution in [2.45, 2.75) is 45.7 Å². The standard InChI is InChI=1S/C20H31ClN2O2/c1-5-10-25-20-18(21)11-16(12-19(20)24-4)13-22-17-6-8-23(9-7-17)14-15(2)3/h11-12,17,22H,2,5-10,13-14H2,1,3-4H3. The second kappa shape index (κ2) is 10.0. The molecule has 0 amide bonds. The Morgan fingerprint density at radius 1 is 1.36 bits per heavy atom. The largest absolute Gasteiger partial charge is 0.493 e. The summed E-state index contributed by atoms with van der Waals surface area (Å²) in [7, 11) is 1.65. The minimum absolute atomic E-state index is 0.544. The molecule has 1 aliphatic rings. The van der Waals surface area contributed by atoms with Gasteiger partial charge >= 0.3 is 0 Å². The third-order valence-electron chi connectivity index (χ3n) is 4.42. The van der Waals surface area contributed by atoms with Gasteiger partial charge in [0.1, 0.15) is 0 Å². The van der Waals surface area contributed by atoms with E-state index in [0.29, 0.717) is 29.2 Å². The topological polar surface area (TPSA) is 33.7 Å². The average molecular weight is 367 g/mol. The predicted molar refractivity (Wildman–Crippen MR) is 105 cm³/mol. The maximum absolute atomic E-state index is 6.39. The fourth-order valence-electron chi connectivity index (χ4n) is 3.16. The molecule has 2 rings (SSSR count). The first-order valence-electron chi connectivity index (χ1n) is 9.12. The van der Waals surface area contributed by atoms with E-state index < -0.39 is 0 Å². The second-order valence-electron chi connectivity index (χ2n) is 6.85. The number of piperidine rings is 1. The Morgan fingerprint density at radius 3 is 2.68 bits per heavy atom. The predicted octanol–water partition coefficient (Wildman–Crippen LogP) is 4.27. The van der Waals surface area contributed by atoms with Crippen LogP contribution >= 0.6 is 11.6 Å². The van der Waals surface area contributed by atoms with Crippen molar-refractivity contribution in [2.24, 2.45) is 0 Å². The van der Waals surface area contributed by atoms with Crippen LogP contribution in [-0.2, 0) is 6.54 Å². The van der Waals surface area contributed by atoms with Crippen LogP contribution in [0.4, 0.5) is 0 Å². The van der Waals surface area contributed by atoms with Crippen LogP contribution in [0, 0.1) is 0 Å². The summed E-state index contributed by atoms with van der Waals surface area (Å²) in [4.78, 5) is 2.47. The van der Waals surface area contributed by atoms with Crippen LogP contribution in [0.25, 0.3) is 0 Å². The molecule has 0 atom stereocenters. The number of hydrogen-bond donors (Lipinski definition) is 1. The summed E-state index contributed by atoms with van der Waals surface area (Å²) >= 11 is 6.39. The Labute approximate surface area is 157 Å². The van der Waals surface area contributed by atoms with Crippen molar-refractivity contribution in [1.82, 2.24) is 10.2 Å². The van der Waals surface area contributed by atoms with E-state index in [4.69, 9.17) is 21.1 Å². The van der Waals surface area contributed by atoms with Gasteiger partial charge in [-0.1, -0.05) is 30.7 Å². The van der Waals surface area contributed by atoms with Gasteiger partial charge in [-0.3, -0.25) is 4.90 Å². The molecule has 1 saturated heterocycles. The lowest BCUT2D eigenvalue weighted by molar-refractivity contribution is 0.211. The summed E-state index contributed by atoms with van der Waals surface area (Å²) in [5, 5.41) is 4.26. The number of ether oxygens (including phenoxy) is 2. The Hall–Kier alpha value is -1.23. The fourth-order valence-corrected chi connectivity index (χ4v) is 3.45. The van der Waals surface area contributed by atoms with Crippen molar-refractivity contribution >= 4 is 11.6 Å². The molecule has 25 heavy (non-hydrogen) atoms. The molecule has 0 aromatic heterocycles. The monoisotopic (exact) mass is 366 g/mol. The number of rotatable bonds is 9. The van der Waals surface area contributed by atoms with Crippen molar-refractivity contribution in [2.75, 3.05) is 33.4 Å². The molecule has 4 nitrogen and oxygen atoms in total. The van der Waals surface area contributed by atoms with Crippen molar-refractivity contribution in [3.8, 4) is 11.5 Å². The lowest BCUT2D eigenvalue weighted by Crippen LogP contribution is -2.42. The van der Waals surface area contributed by atoms with Crippen molar-refractivity contribution in [1.29, 1.82) is 0 Å². The number of halogens is 1. The van der Waals surface area contributed by atoms with Gasteiger partial charge in [0.05, 0.1) is 18.7 Å². The van der Waals surface area contributed by atoms with Crippen molar-refractivity contribution in [3.63, 3.8) is 0 Å². The average Bonchev–Trinajstić information content (AvgIpc) is 2.59. The molecular weight excluding hydrogens is 336 g/mol. The third-order valence-corrected chi connectivity index (χ3v) is 4.70. The second-order valence-corrected chi connectivity index (χ2v) is 7.25. The molecule has 5 heteroatoms.